The highest BCUT2D eigenvalue weighted by Gasteiger charge is 2.45. The summed E-state index contributed by atoms with van der Waals surface area (Å²) < 4.78 is 7.11. The molecule has 1 saturated heterocycles. The van der Waals surface area contributed by atoms with Gasteiger partial charge >= 0.3 is 0 Å². The van der Waals surface area contributed by atoms with Crippen molar-refractivity contribution in [1.29, 1.82) is 5.41 Å². The van der Waals surface area contributed by atoms with Crippen LogP contribution < -0.4 is 15.5 Å². The number of hydrogen-bond donors (Lipinski definition) is 3. The molecule has 0 aromatic carbocycles. The van der Waals surface area contributed by atoms with Crippen molar-refractivity contribution >= 4 is 29.0 Å². The number of hydrogen-bond acceptors (Lipinski definition) is 9. The maximum atomic E-state index is 12.6. The Labute approximate surface area is 203 Å². The fourth-order valence-electron chi connectivity index (χ4n) is 4.58. The van der Waals surface area contributed by atoms with Gasteiger partial charge in [-0.1, -0.05) is 19.0 Å². The second-order valence-electron chi connectivity index (χ2n) is 9.81. The van der Waals surface area contributed by atoms with E-state index < -0.39 is 0 Å². The van der Waals surface area contributed by atoms with Crippen molar-refractivity contribution in [2.75, 3.05) is 31.6 Å². The summed E-state index contributed by atoms with van der Waals surface area (Å²) in [6, 6.07) is 1.95. The summed E-state index contributed by atoms with van der Waals surface area (Å²) in [5.74, 6) is 1.89. The van der Waals surface area contributed by atoms with Gasteiger partial charge < -0.3 is 25.5 Å². The first-order chi connectivity index (χ1) is 16.9. The van der Waals surface area contributed by atoms with Crippen LogP contribution in [0.1, 0.15) is 55.3 Å². The molecular weight excluding hydrogens is 446 g/mol. The highest BCUT2D eigenvalue weighted by atomic mass is 16.5. The first-order valence-corrected chi connectivity index (χ1v) is 12.0. The monoisotopic (exact) mass is 477 g/mol. The van der Waals surface area contributed by atoms with Gasteiger partial charge in [0.15, 0.2) is 5.82 Å². The summed E-state index contributed by atoms with van der Waals surface area (Å²) in [5, 5.41) is 22.0. The number of aromatic nitrogens is 5. The first kappa shape index (κ1) is 23.0. The van der Waals surface area contributed by atoms with Crippen LogP contribution in [-0.4, -0.2) is 63.5 Å². The van der Waals surface area contributed by atoms with E-state index in [1.807, 2.05) is 16.8 Å². The molecule has 11 nitrogen and oxygen atoms in total. The van der Waals surface area contributed by atoms with Gasteiger partial charge in [-0.3, -0.25) is 4.79 Å². The smallest absolute Gasteiger partial charge is 0.292 e. The summed E-state index contributed by atoms with van der Waals surface area (Å²) in [5.41, 5.74) is 2.24. The van der Waals surface area contributed by atoms with Gasteiger partial charge in [0.1, 0.15) is 5.52 Å². The molecular formula is C24H31N9O2. The standard InChI is InChI=1S/C24H31N9O2/c1-15-13-32(21-19-4-8-28-33(19)14-18(29-21)17(10-25)11-26-3)9-5-16(15)12-27-22(34)20-30-23(35-31-20)24(2)6-7-24/h4,8,10-11,14-16,25-26H,5-7,9,12-13H2,1-3H3,(H,27,34)/b17-11+,25-10?/t15-,16-/m1/s1. The third-order valence-corrected chi connectivity index (χ3v) is 7.17. The average Bonchev–Trinajstić information content (AvgIpc) is 3.26. The normalized spacial score (nSPS) is 21.7. The molecule has 1 saturated carbocycles. The molecule has 5 rings (SSSR count). The summed E-state index contributed by atoms with van der Waals surface area (Å²) >= 11 is 0. The molecule has 0 spiro atoms. The number of carbonyl (C=O) groups is 1. The van der Waals surface area contributed by atoms with Crippen LogP contribution in [0.3, 0.4) is 0 Å². The Morgan fingerprint density at radius 3 is 2.91 bits per heavy atom. The van der Waals surface area contributed by atoms with Crippen molar-refractivity contribution in [2.24, 2.45) is 11.8 Å². The molecule has 0 radical (unpaired) electrons. The van der Waals surface area contributed by atoms with Gasteiger partial charge in [0.2, 0.25) is 5.89 Å². The van der Waals surface area contributed by atoms with Crippen LogP contribution >= 0.6 is 0 Å². The first-order valence-electron chi connectivity index (χ1n) is 12.0. The van der Waals surface area contributed by atoms with Crippen LogP contribution in [0.5, 0.6) is 0 Å². The Hall–Kier alpha value is -3.76. The molecule has 3 N–H and O–H groups in total. The molecule has 184 valence electrons. The Balaban J connectivity index is 1.25. The number of allylic oxidation sites excluding steroid dienone is 1. The van der Waals surface area contributed by atoms with E-state index in [-0.39, 0.29) is 17.1 Å². The third kappa shape index (κ3) is 4.50. The van der Waals surface area contributed by atoms with Gasteiger partial charge in [-0.05, 0) is 37.2 Å². The molecule has 0 bridgehead atoms. The molecule has 11 heteroatoms. The zero-order valence-electron chi connectivity index (χ0n) is 20.3. The third-order valence-electron chi connectivity index (χ3n) is 7.17. The van der Waals surface area contributed by atoms with Gasteiger partial charge in [0.05, 0.1) is 18.1 Å². The van der Waals surface area contributed by atoms with E-state index in [0.29, 0.717) is 35.5 Å². The molecule has 2 fully saturated rings. The quantitative estimate of drug-likeness (QED) is 0.420. The van der Waals surface area contributed by atoms with Gasteiger partial charge in [0, 0.05) is 50.1 Å². The van der Waals surface area contributed by atoms with Crippen LogP contribution in [0.4, 0.5) is 5.82 Å². The van der Waals surface area contributed by atoms with E-state index in [1.54, 1.807) is 19.4 Å². The second kappa shape index (κ2) is 9.12. The summed E-state index contributed by atoms with van der Waals surface area (Å²) in [6.07, 6.45) is 9.58. The van der Waals surface area contributed by atoms with Gasteiger partial charge in [-0.15, -0.1) is 0 Å². The minimum absolute atomic E-state index is 0.0541. The molecule has 4 heterocycles. The molecule has 3 aromatic rings. The molecule has 1 aliphatic carbocycles. The van der Waals surface area contributed by atoms with Gasteiger partial charge in [-0.2, -0.15) is 10.1 Å². The van der Waals surface area contributed by atoms with Crippen molar-refractivity contribution < 1.29 is 9.32 Å². The Morgan fingerprint density at radius 1 is 1.37 bits per heavy atom. The second-order valence-corrected chi connectivity index (χ2v) is 9.81. The summed E-state index contributed by atoms with van der Waals surface area (Å²) in [7, 11) is 1.80. The highest BCUT2D eigenvalue weighted by Crippen LogP contribution is 2.46. The topological polar surface area (TPSA) is 137 Å². The number of carbonyl (C=O) groups excluding carboxylic acids is 1. The van der Waals surface area contributed by atoms with E-state index in [1.165, 1.54) is 6.21 Å². The van der Waals surface area contributed by atoms with Crippen molar-refractivity contribution in [2.45, 2.75) is 38.5 Å². The molecule has 3 aromatic heterocycles. The van der Waals surface area contributed by atoms with Crippen LogP contribution in [0.25, 0.3) is 11.1 Å². The Kier molecular flexibility index (Phi) is 6.00. The fourth-order valence-corrected chi connectivity index (χ4v) is 4.58. The minimum atomic E-state index is -0.287. The van der Waals surface area contributed by atoms with Crippen LogP contribution in [0.2, 0.25) is 0 Å². The van der Waals surface area contributed by atoms with Crippen molar-refractivity contribution in [3.8, 4) is 0 Å². The van der Waals surface area contributed by atoms with Gasteiger partial charge in [-0.25, -0.2) is 9.50 Å². The zero-order chi connectivity index (χ0) is 24.6. The number of rotatable bonds is 8. The number of nitrogens with zero attached hydrogens (tertiary/aromatic N) is 6. The lowest BCUT2D eigenvalue weighted by Crippen LogP contribution is -2.44. The number of fused-ring (bicyclic) bond motifs is 1. The predicted molar refractivity (Wildman–Crippen MR) is 132 cm³/mol. The van der Waals surface area contributed by atoms with E-state index in [0.717, 1.165) is 43.7 Å². The van der Waals surface area contributed by atoms with E-state index in [4.69, 9.17) is 14.9 Å². The predicted octanol–water partition coefficient (Wildman–Crippen LogP) is 2.27. The Morgan fingerprint density at radius 2 is 2.20 bits per heavy atom. The molecule has 1 aliphatic heterocycles. The fraction of sp³-hybridized carbons (Fsp3) is 0.500. The zero-order valence-corrected chi connectivity index (χ0v) is 20.3. The molecule has 2 aliphatic rings. The van der Waals surface area contributed by atoms with Crippen LogP contribution in [-0.2, 0) is 5.41 Å². The van der Waals surface area contributed by atoms with E-state index in [9.17, 15) is 4.79 Å². The lowest BCUT2D eigenvalue weighted by Gasteiger charge is -2.38. The van der Waals surface area contributed by atoms with Crippen molar-refractivity contribution in [3.05, 3.63) is 42.1 Å². The SMILES string of the molecule is CN/C=C(\C=N)c1cn2nccc2c(N2CC[C@H](CNC(=O)c3noc(C4(C)CC4)n3)[C@H](C)C2)n1. The largest absolute Gasteiger partial charge is 0.393 e. The van der Waals surface area contributed by atoms with Crippen molar-refractivity contribution in [1.82, 2.24) is 35.4 Å². The van der Waals surface area contributed by atoms with Crippen LogP contribution in [0, 0.1) is 17.2 Å². The van der Waals surface area contributed by atoms with E-state index in [2.05, 4.69) is 44.6 Å². The number of anilines is 1. The van der Waals surface area contributed by atoms with Gasteiger partial charge in [0.25, 0.3) is 11.7 Å². The lowest BCUT2D eigenvalue weighted by atomic mass is 9.86. The number of piperidine rings is 1. The highest BCUT2D eigenvalue weighted by molar-refractivity contribution is 6.07. The van der Waals surface area contributed by atoms with E-state index >= 15 is 0 Å². The minimum Gasteiger partial charge on any atom is -0.393 e. The maximum absolute atomic E-state index is 12.6. The van der Waals surface area contributed by atoms with Crippen LogP contribution in [0.15, 0.2) is 29.2 Å². The number of amides is 1. The number of nitrogens with one attached hydrogen (secondary N) is 3. The lowest BCUT2D eigenvalue weighted by molar-refractivity contribution is 0.0926. The summed E-state index contributed by atoms with van der Waals surface area (Å²) in [4.78, 5) is 24.1. The maximum Gasteiger partial charge on any atom is 0.292 e. The molecule has 2 atom stereocenters. The van der Waals surface area contributed by atoms with Crippen molar-refractivity contribution in [3.63, 3.8) is 0 Å². The molecule has 1 amide bonds. The average molecular weight is 478 g/mol. The Bertz CT molecular complexity index is 1270. The molecule has 35 heavy (non-hydrogen) atoms. The molecule has 0 unspecified atom stereocenters. The summed E-state index contributed by atoms with van der Waals surface area (Å²) in [6.45, 7) is 6.45.